The van der Waals surface area contributed by atoms with E-state index in [1.54, 1.807) is 11.3 Å². The summed E-state index contributed by atoms with van der Waals surface area (Å²) < 4.78 is 3.35. The van der Waals surface area contributed by atoms with Crippen molar-refractivity contribution >= 4 is 75.9 Å². The summed E-state index contributed by atoms with van der Waals surface area (Å²) in [5.41, 5.74) is 11.0. The summed E-state index contributed by atoms with van der Waals surface area (Å²) >= 11 is 1.75. The maximum Gasteiger partial charge on any atom is 0.235 e. The standard InChI is InChI=1S/C46H28N4S/c1-3-12-29(13-4-1)42-27-39-45(51-42)44(30-14-5-2-6-15-30)49-46(48-39)50-40-23-21-32(26-36(40)43-33-16-8-7-11-28(33)20-24-41(43)50)31-19-22-38-35(25-31)34-17-9-10-18-37(34)47-38/h1-27,47H. The van der Waals surface area contributed by atoms with Gasteiger partial charge in [0, 0.05) is 43.0 Å². The van der Waals surface area contributed by atoms with Crippen molar-refractivity contribution in [3.05, 3.63) is 164 Å². The van der Waals surface area contributed by atoms with Crippen LogP contribution < -0.4 is 0 Å². The van der Waals surface area contributed by atoms with E-state index in [-0.39, 0.29) is 0 Å². The second-order valence-corrected chi connectivity index (χ2v) is 14.2. The maximum absolute atomic E-state index is 5.40. The highest BCUT2D eigenvalue weighted by molar-refractivity contribution is 7.22. The number of thiophene rings is 1. The maximum atomic E-state index is 5.40. The number of aromatic amines is 1. The molecular weight excluding hydrogens is 641 g/mol. The minimum Gasteiger partial charge on any atom is -0.355 e. The van der Waals surface area contributed by atoms with Gasteiger partial charge in [0.25, 0.3) is 0 Å². The SMILES string of the molecule is c1ccc(-c2cc3nc(-n4c5ccc(-c6ccc7[nH]c8ccccc8c7c6)cc5c5c6ccccc6ccc54)nc(-c4ccccc4)c3s2)cc1. The van der Waals surface area contributed by atoms with E-state index in [9.17, 15) is 0 Å². The molecule has 11 rings (SSSR count). The molecule has 4 aromatic heterocycles. The molecule has 0 unspecified atom stereocenters. The quantitative estimate of drug-likeness (QED) is 0.203. The van der Waals surface area contributed by atoms with E-state index in [1.807, 2.05) is 0 Å². The van der Waals surface area contributed by atoms with Crippen molar-refractivity contribution in [1.82, 2.24) is 19.5 Å². The number of hydrogen-bond acceptors (Lipinski definition) is 3. The molecule has 1 N–H and O–H groups in total. The summed E-state index contributed by atoms with van der Waals surface area (Å²) in [6, 6.07) is 58.5. The molecule has 0 amide bonds. The van der Waals surface area contributed by atoms with E-state index in [4.69, 9.17) is 9.97 Å². The summed E-state index contributed by atoms with van der Waals surface area (Å²) in [7, 11) is 0. The van der Waals surface area contributed by atoms with Crippen molar-refractivity contribution in [3.8, 4) is 38.8 Å². The Balaban J connectivity index is 1.19. The predicted molar refractivity (Wildman–Crippen MR) is 215 cm³/mol. The third-order valence-electron chi connectivity index (χ3n) is 10.2. The molecule has 0 saturated heterocycles. The molecule has 7 aromatic carbocycles. The molecule has 0 bridgehead atoms. The van der Waals surface area contributed by atoms with Gasteiger partial charge in [0.1, 0.15) is 0 Å². The summed E-state index contributed by atoms with van der Waals surface area (Å²) in [5.74, 6) is 0.669. The van der Waals surface area contributed by atoms with Gasteiger partial charge in [0.05, 0.1) is 26.9 Å². The van der Waals surface area contributed by atoms with Gasteiger partial charge >= 0.3 is 0 Å². The normalized spacial score (nSPS) is 11.9. The lowest BCUT2D eigenvalue weighted by atomic mass is 9.99. The smallest absolute Gasteiger partial charge is 0.235 e. The van der Waals surface area contributed by atoms with Crippen molar-refractivity contribution in [2.75, 3.05) is 0 Å². The van der Waals surface area contributed by atoms with Gasteiger partial charge in [-0.15, -0.1) is 11.3 Å². The molecule has 0 aliphatic heterocycles. The number of rotatable bonds is 4. The molecule has 51 heavy (non-hydrogen) atoms. The summed E-state index contributed by atoms with van der Waals surface area (Å²) in [4.78, 5) is 15.5. The number of aromatic nitrogens is 4. The molecule has 0 spiro atoms. The molecule has 0 saturated carbocycles. The first-order chi connectivity index (χ1) is 25.3. The lowest BCUT2D eigenvalue weighted by molar-refractivity contribution is 1.02. The zero-order valence-electron chi connectivity index (χ0n) is 27.3. The number of H-pyrrole nitrogens is 1. The molecule has 4 heterocycles. The fourth-order valence-corrected chi connectivity index (χ4v) is 8.88. The van der Waals surface area contributed by atoms with Gasteiger partial charge in [0.2, 0.25) is 5.95 Å². The number of nitrogens with one attached hydrogen (secondary N) is 1. The number of para-hydroxylation sites is 1. The molecule has 4 nitrogen and oxygen atoms in total. The van der Waals surface area contributed by atoms with Crippen LogP contribution in [0, 0.1) is 0 Å². The molecule has 0 atom stereocenters. The zero-order chi connectivity index (χ0) is 33.5. The predicted octanol–water partition coefficient (Wildman–Crippen LogP) is 12.6. The molecule has 0 radical (unpaired) electrons. The van der Waals surface area contributed by atoms with Crippen LogP contribution in [-0.4, -0.2) is 19.5 Å². The van der Waals surface area contributed by atoms with Gasteiger partial charge in [-0.25, -0.2) is 9.97 Å². The van der Waals surface area contributed by atoms with E-state index in [0.29, 0.717) is 5.95 Å². The van der Waals surface area contributed by atoms with Crippen LogP contribution in [-0.2, 0) is 0 Å². The molecule has 11 aromatic rings. The summed E-state index contributed by atoms with van der Waals surface area (Å²) in [5, 5.41) is 7.29. The van der Waals surface area contributed by atoms with E-state index in [2.05, 4.69) is 173 Å². The van der Waals surface area contributed by atoms with Crippen LogP contribution in [0.1, 0.15) is 0 Å². The zero-order valence-corrected chi connectivity index (χ0v) is 28.2. The fraction of sp³-hybridized carbons (Fsp3) is 0. The Morgan fingerprint density at radius 2 is 1.14 bits per heavy atom. The Morgan fingerprint density at radius 1 is 0.471 bits per heavy atom. The van der Waals surface area contributed by atoms with E-state index in [1.165, 1.54) is 53.9 Å². The first kappa shape index (κ1) is 28.3. The van der Waals surface area contributed by atoms with Crippen molar-refractivity contribution < 1.29 is 0 Å². The molecule has 238 valence electrons. The lowest BCUT2D eigenvalue weighted by Crippen LogP contribution is -2.02. The lowest BCUT2D eigenvalue weighted by Gasteiger charge is -2.10. The highest BCUT2D eigenvalue weighted by atomic mass is 32.1. The van der Waals surface area contributed by atoms with Gasteiger partial charge in [-0.2, -0.15) is 0 Å². The Kier molecular flexibility index (Phi) is 6.09. The molecule has 0 aliphatic carbocycles. The second-order valence-electron chi connectivity index (χ2n) is 13.1. The Morgan fingerprint density at radius 3 is 1.98 bits per heavy atom. The van der Waals surface area contributed by atoms with Crippen LogP contribution in [0.5, 0.6) is 0 Å². The number of nitrogens with zero attached hydrogens (tertiary/aromatic N) is 3. The minimum absolute atomic E-state index is 0.669. The topological polar surface area (TPSA) is 46.5 Å². The van der Waals surface area contributed by atoms with Gasteiger partial charge in [0.15, 0.2) is 0 Å². The Hall–Kier alpha value is -6.56. The third-order valence-corrected chi connectivity index (χ3v) is 11.3. The van der Waals surface area contributed by atoms with Crippen molar-refractivity contribution in [2.24, 2.45) is 0 Å². The van der Waals surface area contributed by atoms with Gasteiger partial charge in [-0.05, 0) is 69.9 Å². The van der Waals surface area contributed by atoms with E-state index in [0.717, 1.165) is 43.5 Å². The van der Waals surface area contributed by atoms with Crippen LogP contribution in [0.25, 0.3) is 103 Å². The van der Waals surface area contributed by atoms with Crippen LogP contribution in [0.15, 0.2) is 164 Å². The van der Waals surface area contributed by atoms with Crippen molar-refractivity contribution in [2.45, 2.75) is 0 Å². The Labute approximate surface area is 296 Å². The molecular formula is C46H28N4S. The average molecular weight is 669 g/mol. The third kappa shape index (κ3) is 4.38. The van der Waals surface area contributed by atoms with Crippen LogP contribution in [0.4, 0.5) is 0 Å². The first-order valence-corrected chi connectivity index (χ1v) is 18.0. The largest absolute Gasteiger partial charge is 0.355 e. The van der Waals surface area contributed by atoms with Gasteiger partial charge < -0.3 is 4.98 Å². The minimum atomic E-state index is 0.669. The highest BCUT2D eigenvalue weighted by Gasteiger charge is 2.21. The highest BCUT2D eigenvalue weighted by Crippen LogP contribution is 2.42. The molecule has 0 fully saturated rings. The van der Waals surface area contributed by atoms with Crippen molar-refractivity contribution in [3.63, 3.8) is 0 Å². The molecule has 0 aliphatic rings. The molecule has 5 heteroatoms. The first-order valence-electron chi connectivity index (χ1n) is 17.2. The number of hydrogen-bond donors (Lipinski definition) is 1. The second kappa shape index (κ2) is 11.0. The van der Waals surface area contributed by atoms with Crippen LogP contribution in [0.3, 0.4) is 0 Å². The number of fused-ring (bicyclic) bond motifs is 9. The summed E-state index contributed by atoms with van der Waals surface area (Å²) in [6.45, 7) is 0. The van der Waals surface area contributed by atoms with E-state index < -0.39 is 0 Å². The number of benzene rings is 7. The van der Waals surface area contributed by atoms with Gasteiger partial charge in [-0.3, -0.25) is 4.57 Å². The van der Waals surface area contributed by atoms with E-state index >= 15 is 0 Å². The average Bonchev–Trinajstić information content (AvgIpc) is 3.89. The van der Waals surface area contributed by atoms with Gasteiger partial charge in [-0.1, -0.05) is 121 Å². The van der Waals surface area contributed by atoms with Crippen LogP contribution in [0.2, 0.25) is 0 Å². The fourth-order valence-electron chi connectivity index (χ4n) is 7.77. The summed E-state index contributed by atoms with van der Waals surface area (Å²) in [6.07, 6.45) is 0. The monoisotopic (exact) mass is 668 g/mol. The van der Waals surface area contributed by atoms with Crippen LogP contribution >= 0.6 is 11.3 Å². The Bertz CT molecular complexity index is 3130. The van der Waals surface area contributed by atoms with Crippen molar-refractivity contribution in [1.29, 1.82) is 0 Å².